The van der Waals surface area contributed by atoms with Crippen molar-refractivity contribution in [3.8, 4) is 0 Å². The monoisotopic (exact) mass is 315 g/mol. The molecule has 114 valence electrons. The molecule has 2 aromatic carbocycles. The number of nitrogens with one attached hydrogen (secondary N) is 3. The number of carbonyl (C=O) groups is 1. The van der Waals surface area contributed by atoms with Crippen LogP contribution in [0, 0.1) is 6.92 Å². The Balaban J connectivity index is 1.78. The highest BCUT2D eigenvalue weighted by atomic mass is 35.5. The van der Waals surface area contributed by atoms with Crippen LogP contribution in [0.15, 0.2) is 55.1 Å². The molecule has 0 heterocycles. The zero-order valence-electron chi connectivity index (χ0n) is 12.3. The lowest BCUT2D eigenvalue weighted by Crippen LogP contribution is -2.39. The van der Waals surface area contributed by atoms with Gasteiger partial charge in [-0.2, -0.15) is 0 Å². The summed E-state index contributed by atoms with van der Waals surface area (Å²) >= 11 is 5.83. The lowest BCUT2D eigenvalue weighted by molar-refractivity contribution is -0.120. The van der Waals surface area contributed by atoms with E-state index >= 15 is 0 Å². The summed E-state index contributed by atoms with van der Waals surface area (Å²) in [5.74, 6) is -0.184. The van der Waals surface area contributed by atoms with Crippen molar-refractivity contribution in [3.63, 3.8) is 0 Å². The second-order valence-electron chi connectivity index (χ2n) is 4.88. The molecule has 0 saturated carbocycles. The van der Waals surface area contributed by atoms with Crippen molar-refractivity contribution in [1.29, 1.82) is 0 Å². The summed E-state index contributed by atoms with van der Waals surface area (Å²) in [5.41, 5.74) is 8.89. The Bertz CT molecular complexity index is 668. The molecule has 1 amide bonds. The molecule has 0 unspecified atom stereocenters. The van der Waals surface area contributed by atoms with Crippen LogP contribution in [-0.4, -0.2) is 12.5 Å². The van der Waals surface area contributed by atoms with E-state index in [2.05, 4.69) is 22.7 Å². The van der Waals surface area contributed by atoms with E-state index in [9.17, 15) is 4.79 Å². The molecule has 0 spiro atoms. The highest BCUT2D eigenvalue weighted by molar-refractivity contribution is 6.30. The second-order valence-corrected chi connectivity index (χ2v) is 5.32. The van der Waals surface area contributed by atoms with Crippen LogP contribution in [-0.2, 0) is 4.79 Å². The number of hydrazine groups is 1. The molecule has 0 bridgehead atoms. The van der Waals surface area contributed by atoms with Crippen LogP contribution in [0.3, 0.4) is 0 Å². The fraction of sp³-hybridized carbons (Fsp3) is 0.118. The Morgan fingerprint density at radius 3 is 2.55 bits per heavy atom. The summed E-state index contributed by atoms with van der Waals surface area (Å²) in [4.78, 5) is 11.8. The molecule has 0 aliphatic rings. The van der Waals surface area contributed by atoms with E-state index in [0.717, 1.165) is 16.8 Å². The molecule has 5 heteroatoms. The van der Waals surface area contributed by atoms with Crippen molar-refractivity contribution in [3.05, 3.63) is 71.3 Å². The number of rotatable bonds is 6. The zero-order chi connectivity index (χ0) is 15.9. The lowest BCUT2D eigenvalue weighted by Gasteiger charge is -2.12. The lowest BCUT2D eigenvalue weighted by atomic mass is 10.2. The van der Waals surface area contributed by atoms with Gasteiger partial charge in [-0.25, -0.2) is 0 Å². The molecule has 4 nitrogen and oxygen atoms in total. The van der Waals surface area contributed by atoms with Crippen molar-refractivity contribution in [2.75, 3.05) is 11.9 Å². The molecule has 0 aliphatic heterocycles. The molecule has 0 radical (unpaired) electrons. The predicted molar refractivity (Wildman–Crippen MR) is 91.4 cm³/mol. The van der Waals surface area contributed by atoms with Gasteiger partial charge in [0.2, 0.25) is 0 Å². The molecule has 2 rings (SSSR count). The van der Waals surface area contributed by atoms with Gasteiger partial charge in [0.1, 0.15) is 0 Å². The zero-order valence-corrected chi connectivity index (χ0v) is 13.1. The Morgan fingerprint density at radius 2 is 1.86 bits per heavy atom. The summed E-state index contributed by atoms with van der Waals surface area (Å²) in [5, 5.41) is 3.71. The summed E-state index contributed by atoms with van der Waals surface area (Å²) in [7, 11) is 0. The van der Waals surface area contributed by atoms with Crippen LogP contribution in [0.25, 0.3) is 5.70 Å². The molecule has 0 aromatic heterocycles. The maximum Gasteiger partial charge on any atom is 0.257 e. The number of aryl methyl sites for hydroxylation is 1. The van der Waals surface area contributed by atoms with Gasteiger partial charge in [-0.05, 0) is 42.3 Å². The highest BCUT2D eigenvalue weighted by Crippen LogP contribution is 2.13. The molecular formula is C17H18ClN3O. The fourth-order valence-electron chi connectivity index (χ4n) is 1.85. The van der Waals surface area contributed by atoms with E-state index < -0.39 is 0 Å². The molecule has 0 aliphatic carbocycles. The molecule has 22 heavy (non-hydrogen) atoms. The minimum Gasteiger partial charge on any atom is -0.376 e. The third-order valence-electron chi connectivity index (χ3n) is 3.02. The normalized spacial score (nSPS) is 9.91. The first kappa shape index (κ1) is 15.9. The largest absolute Gasteiger partial charge is 0.376 e. The molecule has 3 N–H and O–H groups in total. The van der Waals surface area contributed by atoms with Crippen LogP contribution < -0.4 is 16.2 Å². The fourth-order valence-corrected chi connectivity index (χ4v) is 1.98. The molecule has 0 saturated heterocycles. The third-order valence-corrected chi connectivity index (χ3v) is 3.27. The Hall–Kier alpha value is -2.46. The van der Waals surface area contributed by atoms with E-state index in [1.807, 2.05) is 43.3 Å². The molecule has 0 atom stereocenters. The van der Waals surface area contributed by atoms with Gasteiger partial charge in [0.05, 0.1) is 12.2 Å². The van der Waals surface area contributed by atoms with E-state index in [1.165, 1.54) is 0 Å². The highest BCUT2D eigenvalue weighted by Gasteiger charge is 2.03. The number of amides is 1. The topological polar surface area (TPSA) is 53.2 Å². The summed E-state index contributed by atoms with van der Waals surface area (Å²) in [6.45, 7) is 6.04. The number of anilines is 1. The van der Waals surface area contributed by atoms with Gasteiger partial charge < -0.3 is 5.32 Å². The van der Waals surface area contributed by atoms with Crippen molar-refractivity contribution >= 4 is 28.9 Å². The smallest absolute Gasteiger partial charge is 0.257 e. The van der Waals surface area contributed by atoms with Crippen LogP contribution in [0.2, 0.25) is 5.02 Å². The average molecular weight is 316 g/mol. The van der Waals surface area contributed by atoms with E-state index in [1.54, 1.807) is 12.1 Å². The van der Waals surface area contributed by atoms with Crippen molar-refractivity contribution < 1.29 is 4.79 Å². The molecule has 2 aromatic rings. The van der Waals surface area contributed by atoms with Crippen LogP contribution >= 0.6 is 11.6 Å². The van der Waals surface area contributed by atoms with Gasteiger partial charge >= 0.3 is 0 Å². The minimum atomic E-state index is -0.184. The Morgan fingerprint density at radius 1 is 1.14 bits per heavy atom. The maximum atomic E-state index is 11.8. The van der Waals surface area contributed by atoms with Crippen molar-refractivity contribution in [2.24, 2.45) is 0 Å². The predicted octanol–water partition coefficient (Wildman–Crippen LogP) is 3.35. The first-order valence-corrected chi connectivity index (χ1v) is 7.22. The SMILES string of the molecule is C=C(NNC(=O)CNc1cccc(C)c1)c1ccc(Cl)cc1. The number of benzene rings is 2. The van der Waals surface area contributed by atoms with Crippen molar-refractivity contribution in [1.82, 2.24) is 10.9 Å². The van der Waals surface area contributed by atoms with Crippen LogP contribution in [0.1, 0.15) is 11.1 Å². The second kappa shape index (κ2) is 7.52. The van der Waals surface area contributed by atoms with Gasteiger partial charge in [0.15, 0.2) is 0 Å². The van der Waals surface area contributed by atoms with Gasteiger partial charge in [-0.1, -0.05) is 42.4 Å². The summed E-state index contributed by atoms with van der Waals surface area (Å²) in [6.07, 6.45) is 0. The van der Waals surface area contributed by atoms with Crippen LogP contribution in [0.5, 0.6) is 0 Å². The number of hydrogen-bond acceptors (Lipinski definition) is 3. The number of hydrogen-bond donors (Lipinski definition) is 3. The molecule has 0 fully saturated rings. The average Bonchev–Trinajstić information content (AvgIpc) is 2.51. The van der Waals surface area contributed by atoms with Crippen molar-refractivity contribution in [2.45, 2.75) is 6.92 Å². The van der Waals surface area contributed by atoms with E-state index in [-0.39, 0.29) is 12.5 Å². The first-order valence-electron chi connectivity index (χ1n) is 6.85. The maximum absolute atomic E-state index is 11.8. The quantitative estimate of drug-likeness (QED) is 0.717. The third kappa shape index (κ3) is 4.82. The molecular weight excluding hydrogens is 298 g/mol. The van der Waals surface area contributed by atoms with Crippen LogP contribution in [0.4, 0.5) is 5.69 Å². The van der Waals surface area contributed by atoms with E-state index in [4.69, 9.17) is 11.6 Å². The standard InChI is InChI=1S/C17H18ClN3O/c1-12-4-3-5-16(10-12)19-11-17(22)21-20-13(2)14-6-8-15(18)9-7-14/h3-10,19-20H,2,11H2,1H3,(H,21,22). The summed E-state index contributed by atoms with van der Waals surface area (Å²) < 4.78 is 0. The number of halogens is 1. The van der Waals surface area contributed by atoms with Gasteiger partial charge in [0.25, 0.3) is 5.91 Å². The van der Waals surface area contributed by atoms with Gasteiger partial charge in [0, 0.05) is 10.7 Å². The Kier molecular flexibility index (Phi) is 5.44. The summed E-state index contributed by atoms with van der Waals surface area (Å²) in [6, 6.07) is 15.0. The number of carbonyl (C=O) groups excluding carboxylic acids is 1. The Labute approximate surface area is 135 Å². The van der Waals surface area contributed by atoms with E-state index in [0.29, 0.717) is 10.7 Å². The van der Waals surface area contributed by atoms with Gasteiger partial charge in [-0.15, -0.1) is 0 Å². The minimum absolute atomic E-state index is 0.171. The van der Waals surface area contributed by atoms with Gasteiger partial charge in [-0.3, -0.25) is 15.6 Å². The first-order chi connectivity index (χ1) is 10.5.